The van der Waals surface area contributed by atoms with Gasteiger partial charge in [0.1, 0.15) is 0 Å². The minimum Gasteiger partial charge on any atom is -0.328 e. The van der Waals surface area contributed by atoms with E-state index >= 15 is 0 Å². The normalized spacial score (nSPS) is 30.7. The van der Waals surface area contributed by atoms with Crippen LogP contribution in [-0.2, 0) is 0 Å². The molecule has 1 atom stereocenters. The molecule has 0 bridgehead atoms. The first-order valence-corrected chi connectivity index (χ1v) is 5.80. The highest BCUT2D eigenvalue weighted by Gasteiger charge is 2.51. The summed E-state index contributed by atoms with van der Waals surface area (Å²) in [5.74, 6) is 0. The zero-order valence-corrected chi connectivity index (χ0v) is 9.99. The molecule has 4 nitrogen and oxygen atoms in total. The van der Waals surface area contributed by atoms with E-state index < -0.39 is 0 Å². The third kappa shape index (κ3) is 1.61. The van der Waals surface area contributed by atoms with E-state index in [9.17, 15) is 4.79 Å². The van der Waals surface area contributed by atoms with Crippen LogP contribution in [0.2, 0.25) is 0 Å². The molecule has 2 aliphatic rings. The van der Waals surface area contributed by atoms with Gasteiger partial charge in [-0.15, -0.1) is 0 Å². The summed E-state index contributed by atoms with van der Waals surface area (Å²) in [5.41, 5.74) is 0.176. The fraction of sp³-hybridized carbons (Fsp3) is 0.909. The van der Waals surface area contributed by atoms with Gasteiger partial charge >= 0.3 is 6.03 Å². The van der Waals surface area contributed by atoms with Gasteiger partial charge in [-0.3, -0.25) is 0 Å². The summed E-state index contributed by atoms with van der Waals surface area (Å²) in [5, 5.41) is 0. The number of nitrogens with zero attached hydrogens (tertiary/aromatic N) is 3. The summed E-state index contributed by atoms with van der Waals surface area (Å²) in [6.07, 6.45) is 2.33. The Morgan fingerprint density at radius 1 is 1.40 bits per heavy atom. The molecule has 0 N–H and O–H groups in total. The van der Waals surface area contributed by atoms with Crippen molar-refractivity contribution in [3.8, 4) is 0 Å². The number of likely N-dealkylation sites (N-methyl/N-ethyl adjacent to an activating group) is 1. The second-order valence-electron chi connectivity index (χ2n) is 4.91. The minimum absolute atomic E-state index is 0.176. The number of amides is 2. The molecule has 1 unspecified atom stereocenters. The summed E-state index contributed by atoms with van der Waals surface area (Å²) in [6, 6.07) is 0.207. The average Bonchev–Trinajstić information content (AvgIpc) is 2.60. The summed E-state index contributed by atoms with van der Waals surface area (Å²) in [4.78, 5) is 18.3. The lowest BCUT2D eigenvalue weighted by Gasteiger charge is -2.51. The SMILES string of the molecule is CCN(C)C(=O)N1CCC12CCN(C)C2. The molecular formula is C11H21N3O. The standard InChI is InChI=1S/C11H21N3O/c1-4-13(3)10(15)14-8-6-11(14)5-7-12(2)9-11/h4-9H2,1-3H3. The van der Waals surface area contributed by atoms with Crippen LogP contribution in [0.25, 0.3) is 0 Å². The molecule has 0 saturated carbocycles. The van der Waals surface area contributed by atoms with Crippen molar-refractivity contribution in [2.75, 3.05) is 40.3 Å². The first-order chi connectivity index (χ1) is 7.09. The van der Waals surface area contributed by atoms with Crippen molar-refractivity contribution in [2.45, 2.75) is 25.3 Å². The van der Waals surface area contributed by atoms with Gasteiger partial charge in [-0.2, -0.15) is 0 Å². The number of hydrogen-bond donors (Lipinski definition) is 0. The predicted molar refractivity (Wildman–Crippen MR) is 59.9 cm³/mol. The maximum atomic E-state index is 12.1. The lowest BCUT2D eigenvalue weighted by molar-refractivity contribution is 0.0187. The highest BCUT2D eigenvalue weighted by atomic mass is 16.2. The van der Waals surface area contributed by atoms with Gasteiger partial charge < -0.3 is 14.7 Å². The minimum atomic E-state index is 0.176. The van der Waals surface area contributed by atoms with Gasteiger partial charge in [0.05, 0.1) is 5.54 Å². The van der Waals surface area contributed by atoms with Crippen LogP contribution in [-0.4, -0.2) is 66.5 Å². The topological polar surface area (TPSA) is 26.8 Å². The highest BCUT2D eigenvalue weighted by Crippen LogP contribution is 2.38. The molecule has 0 aromatic carbocycles. The van der Waals surface area contributed by atoms with Crippen LogP contribution in [0.3, 0.4) is 0 Å². The van der Waals surface area contributed by atoms with Gasteiger partial charge in [0.15, 0.2) is 0 Å². The van der Waals surface area contributed by atoms with E-state index in [4.69, 9.17) is 0 Å². The number of carbonyl (C=O) groups is 1. The molecule has 15 heavy (non-hydrogen) atoms. The summed E-state index contributed by atoms with van der Waals surface area (Å²) in [6.45, 7) is 5.93. The van der Waals surface area contributed by atoms with Gasteiger partial charge in [0.2, 0.25) is 0 Å². The smallest absolute Gasteiger partial charge is 0.320 e. The lowest BCUT2D eigenvalue weighted by atomic mass is 9.84. The Hall–Kier alpha value is -0.770. The molecule has 0 aliphatic carbocycles. The van der Waals surface area contributed by atoms with Crippen LogP contribution in [0.5, 0.6) is 0 Å². The predicted octanol–water partition coefficient (Wildman–Crippen LogP) is 0.838. The Kier molecular flexibility index (Phi) is 2.63. The largest absolute Gasteiger partial charge is 0.328 e. The van der Waals surface area contributed by atoms with Gasteiger partial charge in [-0.05, 0) is 26.8 Å². The molecule has 2 fully saturated rings. The van der Waals surface area contributed by atoms with E-state index in [1.165, 1.54) is 6.42 Å². The lowest BCUT2D eigenvalue weighted by Crippen LogP contribution is -2.65. The Labute approximate surface area is 91.8 Å². The number of urea groups is 1. The van der Waals surface area contributed by atoms with Crippen LogP contribution in [0, 0.1) is 0 Å². The van der Waals surface area contributed by atoms with Gasteiger partial charge in [-0.25, -0.2) is 4.79 Å². The first kappa shape index (κ1) is 10.7. The van der Waals surface area contributed by atoms with Gasteiger partial charge in [-0.1, -0.05) is 0 Å². The maximum absolute atomic E-state index is 12.1. The van der Waals surface area contributed by atoms with Crippen LogP contribution >= 0.6 is 0 Å². The molecule has 2 aliphatic heterocycles. The Balaban J connectivity index is 2.03. The molecule has 2 heterocycles. The number of carbonyl (C=O) groups excluding carboxylic acids is 1. The van der Waals surface area contributed by atoms with Crippen LogP contribution in [0.1, 0.15) is 19.8 Å². The van der Waals surface area contributed by atoms with E-state index in [2.05, 4.69) is 16.8 Å². The fourth-order valence-corrected chi connectivity index (χ4v) is 2.66. The van der Waals surface area contributed by atoms with Crippen LogP contribution in [0.15, 0.2) is 0 Å². The third-order valence-corrected chi connectivity index (χ3v) is 3.93. The van der Waals surface area contributed by atoms with E-state index in [-0.39, 0.29) is 11.6 Å². The number of rotatable bonds is 1. The Bertz CT molecular complexity index is 269. The van der Waals surface area contributed by atoms with Crippen molar-refractivity contribution < 1.29 is 4.79 Å². The first-order valence-electron chi connectivity index (χ1n) is 5.80. The van der Waals surface area contributed by atoms with E-state index in [1.807, 2.05) is 14.0 Å². The summed E-state index contributed by atoms with van der Waals surface area (Å²) in [7, 11) is 4.02. The quantitative estimate of drug-likeness (QED) is 0.642. The summed E-state index contributed by atoms with van der Waals surface area (Å²) < 4.78 is 0. The van der Waals surface area contributed by atoms with Gasteiger partial charge in [0.25, 0.3) is 0 Å². The van der Waals surface area contributed by atoms with Gasteiger partial charge in [0, 0.05) is 33.2 Å². The summed E-state index contributed by atoms with van der Waals surface area (Å²) >= 11 is 0. The molecule has 86 valence electrons. The van der Waals surface area contributed by atoms with Crippen LogP contribution in [0.4, 0.5) is 4.79 Å². The van der Waals surface area contributed by atoms with Crippen molar-refractivity contribution in [1.82, 2.24) is 14.7 Å². The zero-order valence-electron chi connectivity index (χ0n) is 9.99. The molecule has 4 heteroatoms. The molecule has 0 radical (unpaired) electrons. The van der Waals surface area contributed by atoms with E-state index in [1.54, 1.807) is 4.90 Å². The molecule has 0 aromatic heterocycles. The van der Waals surface area contributed by atoms with Crippen LogP contribution < -0.4 is 0 Å². The zero-order chi connectivity index (χ0) is 11.1. The molecule has 2 rings (SSSR count). The average molecular weight is 211 g/mol. The number of likely N-dealkylation sites (tertiary alicyclic amines) is 2. The third-order valence-electron chi connectivity index (χ3n) is 3.93. The van der Waals surface area contributed by atoms with E-state index in [0.29, 0.717) is 0 Å². The molecule has 1 spiro atoms. The monoisotopic (exact) mass is 211 g/mol. The molecule has 2 amide bonds. The highest BCUT2D eigenvalue weighted by molar-refractivity contribution is 5.76. The molecular weight excluding hydrogens is 190 g/mol. The number of hydrogen-bond acceptors (Lipinski definition) is 2. The van der Waals surface area contributed by atoms with Crippen molar-refractivity contribution in [2.24, 2.45) is 0 Å². The maximum Gasteiger partial charge on any atom is 0.320 e. The van der Waals surface area contributed by atoms with Crippen molar-refractivity contribution in [3.63, 3.8) is 0 Å². The Morgan fingerprint density at radius 2 is 2.07 bits per heavy atom. The second-order valence-corrected chi connectivity index (χ2v) is 4.91. The van der Waals surface area contributed by atoms with E-state index in [0.717, 1.165) is 32.6 Å². The van der Waals surface area contributed by atoms with Crippen molar-refractivity contribution >= 4 is 6.03 Å². The fourth-order valence-electron chi connectivity index (χ4n) is 2.66. The van der Waals surface area contributed by atoms with Crippen molar-refractivity contribution in [1.29, 1.82) is 0 Å². The second kappa shape index (κ2) is 3.67. The van der Waals surface area contributed by atoms with Crippen molar-refractivity contribution in [3.05, 3.63) is 0 Å². The molecule has 0 aromatic rings. The Morgan fingerprint density at radius 3 is 2.47 bits per heavy atom. The molecule has 2 saturated heterocycles.